The third-order valence-corrected chi connectivity index (χ3v) is 3.78. The number of halogens is 2. The van der Waals surface area contributed by atoms with Gasteiger partial charge in [-0.1, -0.05) is 35.3 Å². The Morgan fingerprint density at radius 2 is 1.62 bits per heavy atom. The van der Waals surface area contributed by atoms with Crippen molar-refractivity contribution in [3.8, 4) is 0 Å². The van der Waals surface area contributed by atoms with E-state index in [1.807, 2.05) is 0 Å². The van der Waals surface area contributed by atoms with Gasteiger partial charge in [-0.05, 0) is 37.3 Å². The van der Waals surface area contributed by atoms with E-state index in [0.717, 1.165) is 0 Å². The fraction of sp³-hybridized carbons (Fsp3) is 0.167. The minimum atomic E-state index is -0.586. The second-order valence-corrected chi connectivity index (χ2v) is 6.01. The minimum absolute atomic E-state index is 0.209. The van der Waals surface area contributed by atoms with Gasteiger partial charge in [0.1, 0.15) is 6.42 Å². The maximum atomic E-state index is 12.1. The third-order valence-electron chi connectivity index (χ3n) is 3.22. The zero-order chi connectivity index (χ0) is 19.1. The first-order chi connectivity index (χ1) is 12.4. The molecule has 0 saturated carbocycles. The Morgan fingerprint density at radius 3 is 2.31 bits per heavy atom. The van der Waals surface area contributed by atoms with Crippen LogP contribution in [0.5, 0.6) is 0 Å². The molecule has 2 aromatic rings. The van der Waals surface area contributed by atoms with Gasteiger partial charge >= 0.3 is 5.97 Å². The lowest BCUT2D eigenvalue weighted by molar-refractivity contribution is -0.123. The van der Waals surface area contributed by atoms with Crippen LogP contribution in [0.4, 0.5) is 11.4 Å². The zero-order valence-corrected chi connectivity index (χ0v) is 15.4. The number of para-hydroxylation sites is 1. The number of amides is 2. The largest absolute Gasteiger partial charge is 0.462 e. The van der Waals surface area contributed by atoms with E-state index in [1.165, 1.54) is 18.2 Å². The maximum Gasteiger partial charge on any atom is 0.340 e. The summed E-state index contributed by atoms with van der Waals surface area (Å²) in [6, 6.07) is 11.0. The molecule has 0 unspecified atom stereocenters. The van der Waals surface area contributed by atoms with E-state index >= 15 is 0 Å². The van der Waals surface area contributed by atoms with E-state index in [-0.39, 0.29) is 17.9 Å². The Bertz CT molecular complexity index is 840. The van der Waals surface area contributed by atoms with Gasteiger partial charge in [0.05, 0.1) is 28.6 Å². The molecular formula is C18H16Cl2N2O4. The normalized spacial score (nSPS) is 10.1. The van der Waals surface area contributed by atoms with Crippen LogP contribution in [0.1, 0.15) is 23.7 Å². The van der Waals surface area contributed by atoms with Gasteiger partial charge in [0.2, 0.25) is 11.8 Å². The number of rotatable bonds is 6. The van der Waals surface area contributed by atoms with Crippen LogP contribution in [-0.4, -0.2) is 24.4 Å². The number of hydrogen-bond acceptors (Lipinski definition) is 4. The molecule has 0 aliphatic rings. The van der Waals surface area contributed by atoms with Crippen molar-refractivity contribution in [2.75, 3.05) is 17.2 Å². The predicted octanol–water partition coefficient (Wildman–Crippen LogP) is 4.14. The van der Waals surface area contributed by atoms with Gasteiger partial charge in [0, 0.05) is 5.02 Å². The van der Waals surface area contributed by atoms with E-state index in [9.17, 15) is 14.4 Å². The molecule has 26 heavy (non-hydrogen) atoms. The summed E-state index contributed by atoms with van der Waals surface area (Å²) in [6.07, 6.45) is -0.458. The average Bonchev–Trinajstić information content (AvgIpc) is 2.58. The summed E-state index contributed by atoms with van der Waals surface area (Å²) in [6.45, 7) is 1.90. The summed E-state index contributed by atoms with van der Waals surface area (Å²) < 4.78 is 4.94. The Balaban J connectivity index is 2.02. The molecule has 0 saturated heterocycles. The first-order valence-electron chi connectivity index (χ1n) is 7.71. The van der Waals surface area contributed by atoms with Crippen molar-refractivity contribution in [2.24, 2.45) is 0 Å². The lowest BCUT2D eigenvalue weighted by Crippen LogP contribution is -2.22. The lowest BCUT2D eigenvalue weighted by Gasteiger charge is -2.11. The molecule has 0 bridgehead atoms. The van der Waals surface area contributed by atoms with Crippen molar-refractivity contribution in [1.29, 1.82) is 0 Å². The summed E-state index contributed by atoms with van der Waals surface area (Å²) in [7, 11) is 0. The van der Waals surface area contributed by atoms with Gasteiger partial charge in [-0.3, -0.25) is 9.59 Å². The molecule has 8 heteroatoms. The number of benzene rings is 2. The smallest absolute Gasteiger partial charge is 0.340 e. The van der Waals surface area contributed by atoms with Gasteiger partial charge < -0.3 is 15.4 Å². The molecule has 0 aliphatic heterocycles. The van der Waals surface area contributed by atoms with Crippen molar-refractivity contribution in [2.45, 2.75) is 13.3 Å². The van der Waals surface area contributed by atoms with Crippen LogP contribution >= 0.6 is 23.2 Å². The second kappa shape index (κ2) is 9.22. The van der Waals surface area contributed by atoms with Gasteiger partial charge in [-0.15, -0.1) is 0 Å². The molecule has 2 N–H and O–H groups in total. The quantitative estimate of drug-likeness (QED) is 0.569. The summed E-state index contributed by atoms with van der Waals surface area (Å²) in [5.74, 6) is -1.71. The molecule has 0 fully saturated rings. The standard InChI is InChI=1S/C18H16Cl2N2O4/c1-2-26-18(25)12-5-3-4-6-14(12)21-16(23)10-17(24)22-15-9-11(19)7-8-13(15)20/h3-9H,2,10H2,1H3,(H,21,23)(H,22,24). The van der Waals surface area contributed by atoms with Crippen LogP contribution in [-0.2, 0) is 14.3 Å². The van der Waals surface area contributed by atoms with Crippen LogP contribution < -0.4 is 10.6 Å². The first-order valence-corrected chi connectivity index (χ1v) is 8.47. The van der Waals surface area contributed by atoms with Gasteiger partial charge in [-0.25, -0.2) is 4.79 Å². The molecule has 0 aromatic heterocycles. The molecule has 2 aromatic carbocycles. The molecule has 2 amide bonds. The number of esters is 1. The maximum absolute atomic E-state index is 12.1. The second-order valence-electron chi connectivity index (χ2n) is 5.16. The van der Waals surface area contributed by atoms with Crippen molar-refractivity contribution in [3.63, 3.8) is 0 Å². The molecule has 6 nitrogen and oxygen atoms in total. The van der Waals surface area contributed by atoms with Gasteiger partial charge in [0.25, 0.3) is 0 Å². The first kappa shape index (κ1) is 19.8. The molecule has 0 heterocycles. The third kappa shape index (κ3) is 5.47. The lowest BCUT2D eigenvalue weighted by atomic mass is 10.1. The average molecular weight is 395 g/mol. The van der Waals surface area contributed by atoms with Crippen molar-refractivity contribution < 1.29 is 19.1 Å². The van der Waals surface area contributed by atoms with E-state index in [4.69, 9.17) is 27.9 Å². The fourth-order valence-electron chi connectivity index (χ4n) is 2.11. The summed E-state index contributed by atoms with van der Waals surface area (Å²) in [5, 5.41) is 5.75. The van der Waals surface area contributed by atoms with Crippen molar-refractivity contribution in [1.82, 2.24) is 0 Å². The highest BCUT2D eigenvalue weighted by molar-refractivity contribution is 6.35. The predicted molar refractivity (Wildman–Crippen MR) is 101 cm³/mol. The van der Waals surface area contributed by atoms with Crippen LogP contribution in [0.3, 0.4) is 0 Å². The molecule has 0 atom stereocenters. The van der Waals surface area contributed by atoms with Crippen molar-refractivity contribution >= 4 is 52.4 Å². The molecule has 2 rings (SSSR count). The van der Waals surface area contributed by atoms with Crippen LogP contribution in [0.25, 0.3) is 0 Å². The van der Waals surface area contributed by atoms with Crippen molar-refractivity contribution in [3.05, 3.63) is 58.1 Å². The highest BCUT2D eigenvalue weighted by atomic mass is 35.5. The van der Waals surface area contributed by atoms with E-state index in [1.54, 1.807) is 31.2 Å². The van der Waals surface area contributed by atoms with Crippen LogP contribution in [0.15, 0.2) is 42.5 Å². The van der Waals surface area contributed by atoms with Crippen LogP contribution in [0.2, 0.25) is 10.0 Å². The summed E-state index contributed by atoms with van der Waals surface area (Å²) in [5.41, 5.74) is 0.787. The Morgan fingerprint density at radius 1 is 0.962 bits per heavy atom. The highest BCUT2D eigenvalue weighted by Crippen LogP contribution is 2.25. The monoisotopic (exact) mass is 394 g/mol. The van der Waals surface area contributed by atoms with Gasteiger partial charge in [0.15, 0.2) is 0 Å². The fourth-order valence-corrected chi connectivity index (χ4v) is 2.44. The van der Waals surface area contributed by atoms with E-state index in [0.29, 0.717) is 15.7 Å². The van der Waals surface area contributed by atoms with E-state index < -0.39 is 24.2 Å². The zero-order valence-electron chi connectivity index (χ0n) is 13.8. The minimum Gasteiger partial charge on any atom is -0.462 e. The van der Waals surface area contributed by atoms with Crippen LogP contribution in [0, 0.1) is 0 Å². The number of carbonyl (C=O) groups is 3. The topological polar surface area (TPSA) is 84.5 Å². The highest BCUT2D eigenvalue weighted by Gasteiger charge is 2.16. The number of nitrogens with one attached hydrogen (secondary N) is 2. The Labute approximate surface area is 160 Å². The number of anilines is 2. The molecule has 0 aliphatic carbocycles. The van der Waals surface area contributed by atoms with E-state index in [2.05, 4.69) is 10.6 Å². The number of ether oxygens (including phenoxy) is 1. The van der Waals surface area contributed by atoms with Gasteiger partial charge in [-0.2, -0.15) is 0 Å². The SMILES string of the molecule is CCOC(=O)c1ccccc1NC(=O)CC(=O)Nc1cc(Cl)ccc1Cl. The summed E-state index contributed by atoms with van der Waals surface area (Å²) >= 11 is 11.8. The molecule has 136 valence electrons. The number of carbonyl (C=O) groups excluding carboxylic acids is 3. The Kier molecular flexibility index (Phi) is 7.00. The molecule has 0 spiro atoms. The molecule has 0 radical (unpaired) electrons. The number of hydrogen-bond donors (Lipinski definition) is 2. The summed E-state index contributed by atoms with van der Waals surface area (Å²) in [4.78, 5) is 36.0. The molecular weight excluding hydrogens is 379 g/mol. The Hall–Kier alpha value is -2.57.